The van der Waals surface area contributed by atoms with Crippen molar-refractivity contribution in [2.24, 2.45) is 0 Å². The van der Waals surface area contributed by atoms with E-state index in [0.717, 1.165) is 38.5 Å². The SMILES string of the molecule is CCOC(=O)C1(c2nc(CC)no2)CCCCCC1. The molecule has 1 saturated carbocycles. The molecule has 1 aliphatic rings. The number of hydrogen-bond donors (Lipinski definition) is 0. The van der Waals surface area contributed by atoms with Gasteiger partial charge >= 0.3 is 5.97 Å². The second-order valence-electron chi connectivity index (χ2n) is 5.09. The lowest BCUT2D eigenvalue weighted by molar-refractivity contribution is -0.152. The van der Waals surface area contributed by atoms with Gasteiger partial charge in [0, 0.05) is 6.42 Å². The summed E-state index contributed by atoms with van der Waals surface area (Å²) in [6.07, 6.45) is 6.51. The van der Waals surface area contributed by atoms with Gasteiger partial charge in [0.15, 0.2) is 5.82 Å². The highest BCUT2D eigenvalue weighted by molar-refractivity contribution is 5.81. The molecule has 0 N–H and O–H groups in total. The van der Waals surface area contributed by atoms with E-state index in [2.05, 4.69) is 10.1 Å². The van der Waals surface area contributed by atoms with Gasteiger partial charge in [-0.15, -0.1) is 0 Å². The highest BCUT2D eigenvalue weighted by atomic mass is 16.5. The molecular formula is C14H22N2O3. The average molecular weight is 266 g/mol. The largest absolute Gasteiger partial charge is 0.465 e. The lowest BCUT2D eigenvalue weighted by Gasteiger charge is -2.25. The Labute approximate surface area is 113 Å². The molecule has 1 aromatic heterocycles. The van der Waals surface area contributed by atoms with Crippen molar-refractivity contribution in [1.29, 1.82) is 0 Å². The molecule has 1 aliphatic carbocycles. The maximum Gasteiger partial charge on any atom is 0.321 e. The predicted octanol–water partition coefficient (Wildman–Crippen LogP) is 2.79. The first kappa shape index (κ1) is 14.0. The van der Waals surface area contributed by atoms with Gasteiger partial charge in [0.2, 0.25) is 5.89 Å². The summed E-state index contributed by atoms with van der Waals surface area (Å²) in [5.41, 5.74) is -0.715. The van der Waals surface area contributed by atoms with Gasteiger partial charge in [-0.3, -0.25) is 4.79 Å². The first-order valence-corrected chi connectivity index (χ1v) is 7.23. The van der Waals surface area contributed by atoms with Crippen LogP contribution < -0.4 is 0 Å². The molecular weight excluding hydrogens is 244 g/mol. The Bertz CT molecular complexity index is 420. The van der Waals surface area contributed by atoms with Crippen molar-refractivity contribution in [1.82, 2.24) is 10.1 Å². The maximum atomic E-state index is 12.4. The van der Waals surface area contributed by atoms with Crippen LogP contribution in [0.4, 0.5) is 0 Å². The van der Waals surface area contributed by atoms with Crippen molar-refractivity contribution in [2.75, 3.05) is 6.61 Å². The monoisotopic (exact) mass is 266 g/mol. The van der Waals surface area contributed by atoms with E-state index in [1.54, 1.807) is 0 Å². The van der Waals surface area contributed by atoms with Gasteiger partial charge in [-0.2, -0.15) is 4.98 Å². The van der Waals surface area contributed by atoms with Crippen LogP contribution in [0.1, 0.15) is 64.1 Å². The molecule has 0 bridgehead atoms. The lowest BCUT2D eigenvalue weighted by atomic mass is 9.80. The van der Waals surface area contributed by atoms with Crippen LogP contribution in [0, 0.1) is 0 Å². The number of aryl methyl sites for hydroxylation is 1. The predicted molar refractivity (Wildman–Crippen MR) is 69.7 cm³/mol. The van der Waals surface area contributed by atoms with E-state index >= 15 is 0 Å². The zero-order valence-corrected chi connectivity index (χ0v) is 11.8. The minimum absolute atomic E-state index is 0.205. The Morgan fingerprint density at radius 2 is 1.95 bits per heavy atom. The van der Waals surface area contributed by atoms with E-state index in [4.69, 9.17) is 9.26 Å². The van der Waals surface area contributed by atoms with Crippen molar-refractivity contribution >= 4 is 5.97 Å². The van der Waals surface area contributed by atoms with Crippen LogP contribution in [0.5, 0.6) is 0 Å². The van der Waals surface area contributed by atoms with Gasteiger partial charge in [0.1, 0.15) is 5.41 Å². The molecule has 0 aliphatic heterocycles. The van der Waals surface area contributed by atoms with E-state index in [1.165, 1.54) is 0 Å². The van der Waals surface area contributed by atoms with Gasteiger partial charge < -0.3 is 9.26 Å². The van der Waals surface area contributed by atoms with Gasteiger partial charge in [0.25, 0.3) is 0 Å². The van der Waals surface area contributed by atoms with Crippen LogP contribution in [-0.4, -0.2) is 22.7 Å². The number of carbonyl (C=O) groups excluding carboxylic acids is 1. The molecule has 106 valence electrons. The number of esters is 1. The maximum absolute atomic E-state index is 12.4. The van der Waals surface area contributed by atoms with Crippen molar-refractivity contribution in [2.45, 2.75) is 64.2 Å². The van der Waals surface area contributed by atoms with Crippen molar-refractivity contribution < 1.29 is 14.1 Å². The van der Waals surface area contributed by atoms with Crippen LogP contribution in [0.25, 0.3) is 0 Å². The fourth-order valence-corrected chi connectivity index (χ4v) is 2.70. The van der Waals surface area contributed by atoms with Crippen molar-refractivity contribution in [3.63, 3.8) is 0 Å². The summed E-state index contributed by atoms with van der Waals surface area (Å²) in [5, 5.41) is 3.93. The number of hydrogen-bond acceptors (Lipinski definition) is 5. The van der Waals surface area contributed by atoms with Gasteiger partial charge in [-0.25, -0.2) is 0 Å². The lowest BCUT2D eigenvalue weighted by Crippen LogP contribution is -2.37. The van der Waals surface area contributed by atoms with Gasteiger partial charge in [0.05, 0.1) is 6.61 Å². The number of aromatic nitrogens is 2. The summed E-state index contributed by atoms with van der Waals surface area (Å²) >= 11 is 0. The van der Waals surface area contributed by atoms with E-state index in [9.17, 15) is 4.79 Å². The molecule has 2 rings (SSSR count). The Hall–Kier alpha value is -1.39. The first-order valence-electron chi connectivity index (χ1n) is 7.23. The molecule has 1 aromatic rings. The Morgan fingerprint density at radius 3 is 2.47 bits per heavy atom. The molecule has 0 atom stereocenters. The van der Waals surface area contributed by atoms with Crippen LogP contribution in [0.15, 0.2) is 4.52 Å². The first-order chi connectivity index (χ1) is 9.23. The zero-order valence-electron chi connectivity index (χ0n) is 11.8. The minimum Gasteiger partial charge on any atom is -0.465 e. The smallest absolute Gasteiger partial charge is 0.321 e. The second kappa shape index (κ2) is 6.17. The van der Waals surface area contributed by atoms with E-state index in [-0.39, 0.29) is 5.97 Å². The number of rotatable bonds is 4. The van der Waals surface area contributed by atoms with Crippen LogP contribution in [0.3, 0.4) is 0 Å². The summed E-state index contributed by atoms with van der Waals surface area (Å²) in [4.78, 5) is 16.8. The third-order valence-corrected chi connectivity index (χ3v) is 3.82. The molecule has 0 amide bonds. The van der Waals surface area contributed by atoms with Gasteiger partial charge in [-0.1, -0.05) is 37.8 Å². The van der Waals surface area contributed by atoms with Crippen LogP contribution in [-0.2, 0) is 21.4 Å². The molecule has 0 radical (unpaired) electrons. The summed E-state index contributed by atoms with van der Waals surface area (Å²) in [7, 11) is 0. The zero-order chi connectivity index (χ0) is 13.7. The Morgan fingerprint density at radius 1 is 1.26 bits per heavy atom. The second-order valence-corrected chi connectivity index (χ2v) is 5.09. The number of nitrogens with zero attached hydrogens (tertiary/aromatic N) is 2. The molecule has 0 aromatic carbocycles. The average Bonchev–Trinajstić information content (AvgIpc) is 2.77. The molecule has 1 fully saturated rings. The molecule has 5 nitrogen and oxygen atoms in total. The Balaban J connectivity index is 2.34. The Kier molecular flexibility index (Phi) is 4.56. The van der Waals surface area contributed by atoms with E-state index in [1.807, 2.05) is 13.8 Å². The van der Waals surface area contributed by atoms with E-state index in [0.29, 0.717) is 24.7 Å². The third-order valence-electron chi connectivity index (χ3n) is 3.82. The summed E-state index contributed by atoms with van der Waals surface area (Å²) in [6.45, 7) is 4.18. The standard InChI is InChI=1S/C14H22N2O3/c1-3-11-15-12(19-16-11)14(13(17)18-4-2)9-7-5-6-8-10-14/h3-10H2,1-2H3. The molecule has 5 heteroatoms. The quantitative estimate of drug-likeness (QED) is 0.619. The highest BCUT2D eigenvalue weighted by Crippen LogP contribution is 2.38. The summed E-state index contributed by atoms with van der Waals surface area (Å²) in [5.74, 6) is 0.899. The van der Waals surface area contributed by atoms with Crippen molar-refractivity contribution in [3.8, 4) is 0 Å². The minimum atomic E-state index is -0.715. The molecule has 1 heterocycles. The summed E-state index contributed by atoms with van der Waals surface area (Å²) in [6, 6.07) is 0. The topological polar surface area (TPSA) is 65.2 Å². The third kappa shape index (κ3) is 2.80. The van der Waals surface area contributed by atoms with Crippen LogP contribution >= 0.6 is 0 Å². The van der Waals surface area contributed by atoms with E-state index < -0.39 is 5.41 Å². The van der Waals surface area contributed by atoms with Crippen LogP contribution in [0.2, 0.25) is 0 Å². The van der Waals surface area contributed by atoms with Crippen molar-refractivity contribution in [3.05, 3.63) is 11.7 Å². The highest BCUT2D eigenvalue weighted by Gasteiger charge is 2.46. The number of ether oxygens (including phenoxy) is 1. The van der Waals surface area contributed by atoms with Gasteiger partial charge in [-0.05, 0) is 19.8 Å². The molecule has 0 spiro atoms. The fraction of sp³-hybridized carbons (Fsp3) is 0.786. The normalized spacial score (nSPS) is 18.8. The fourth-order valence-electron chi connectivity index (χ4n) is 2.70. The summed E-state index contributed by atoms with van der Waals surface area (Å²) < 4.78 is 10.6. The number of carbonyl (C=O) groups is 1. The molecule has 0 unspecified atom stereocenters. The molecule has 19 heavy (non-hydrogen) atoms. The molecule has 0 saturated heterocycles.